The van der Waals surface area contributed by atoms with Crippen molar-refractivity contribution in [3.63, 3.8) is 0 Å². The van der Waals surface area contributed by atoms with E-state index in [1.165, 1.54) is 0 Å². The minimum atomic E-state index is -0.392. The van der Waals surface area contributed by atoms with E-state index in [1.54, 1.807) is 6.92 Å². The second-order valence-electron chi connectivity index (χ2n) is 7.12. The Balaban J connectivity index is 1.64. The standard InChI is InChI=1S/C16H22N4O3/c1-3-13(21)19-6-12-7-20(14(22)11-4-5-11)9-16(12,8-19)15-17-10(2)18-23-15/h11-12H,3-9H2,1-2H3/t12-,16-/m0/s1. The van der Waals surface area contributed by atoms with Gasteiger partial charge in [-0.1, -0.05) is 12.1 Å². The summed E-state index contributed by atoms with van der Waals surface area (Å²) in [5, 5.41) is 3.93. The van der Waals surface area contributed by atoms with Crippen LogP contribution < -0.4 is 0 Å². The van der Waals surface area contributed by atoms with Crippen molar-refractivity contribution < 1.29 is 14.1 Å². The van der Waals surface area contributed by atoms with Gasteiger partial charge in [0.1, 0.15) is 0 Å². The monoisotopic (exact) mass is 318 g/mol. The number of nitrogens with zero attached hydrogens (tertiary/aromatic N) is 4. The molecule has 1 aromatic rings. The van der Waals surface area contributed by atoms with E-state index in [0.717, 1.165) is 12.8 Å². The van der Waals surface area contributed by atoms with Crippen LogP contribution in [0.3, 0.4) is 0 Å². The first-order chi connectivity index (χ1) is 11.0. The summed E-state index contributed by atoms with van der Waals surface area (Å²) in [5.41, 5.74) is -0.392. The molecule has 2 atom stereocenters. The van der Waals surface area contributed by atoms with E-state index in [-0.39, 0.29) is 23.7 Å². The lowest BCUT2D eigenvalue weighted by Crippen LogP contribution is -2.41. The van der Waals surface area contributed by atoms with Crippen LogP contribution in [0.4, 0.5) is 0 Å². The molecule has 0 unspecified atom stereocenters. The topological polar surface area (TPSA) is 79.5 Å². The second kappa shape index (κ2) is 5.04. The van der Waals surface area contributed by atoms with E-state index in [1.807, 2.05) is 16.7 Å². The maximum Gasteiger partial charge on any atom is 0.236 e. The van der Waals surface area contributed by atoms with Crippen molar-refractivity contribution in [1.82, 2.24) is 19.9 Å². The number of carbonyl (C=O) groups is 2. The van der Waals surface area contributed by atoms with E-state index in [4.69, 9.17) is 4.52 Å². The zero-order valence-electron chi connectivity index (χ0n) is 13.6. The number of carbonyl (C=O) groups excluding carboxylic acids is 2. The van der Waals surface area contributed by atoms with Crippen molar-refractivity contribution in [2.75, 3.05) is 26.2 Å². The SMILES string of the molecule is CCC(=O)N1C[C@H]2CN(C(=O)C3CC3)C[C@@]2(c2nc(C)no2)C1. The molecule has 0 spiro atoms. The molecule has 2 aliphatic heterocycles. The molecular formula is C16H22N4O3. The lowest BCUT2D eigenvalue weighted by Gasteiger charge is -2.26. The maximum atomic E-state index is 12.5. The molecule has 7 nitrogen and oxygen atoms in total. The number of likely N-dealkylation sites (tertiary alicyclic amines) is 2. The van der Waals surface area contributed by atoms with Crippen molar-refractivity contribution in [1.29, 1.82) is 0 Å². The van der Waals surface area contributed by atoms with Gasteiger partial charge in [0.2, 0.25) is 17.7 Å². The van der Waals surface area contributed by atoms with Crippen molar-refractivity contribution in [3.05, 3.63) is 11.7 Å². The summed E-state index contributed by atoms with van der Waals surface area (Å²) < 4.78 is 5.48. The van der Waals surface area contributed by atoms with E-state index in [2.05, 4.69) is 10.1 Å². The highest BCUT2D eigenvalue weighted by molar-refractivity contribution is 5.82. The molecule has 1 saturated carbocycles. The summed E-state index contributed by atoms with van der Waals surface area (Å²) in [6, 6.07) is 0. The highest BCUT2D eigenvalue weighted by atomic mass is 16.5. The normalized spacial score (nSPS) is 29.9. The molecule has 4 rings (SSSR count). The predicted octanol–water partition coefficient (Wildman–Crippen LogP) is 0.736. The van der Waals surface area contributed by atoms with Gasteiger partial charge in [0.25, 0.3) is 0 Å². The number of rotatable bonds is 3. The van der Waals surface area contributed by atoms with Gasteiger partial charge in [0, 0.05) is 44.4 Å². The number of aryl methyl sites for hydroxylation is 1. The lowest BCUT2D eigenvalue weighted by atomic mass is 9.81. The van der Waals surface area contributed by atoms with Gasteiger partial charge < -0.3 is 14.3 Å². The number of hydrogen-bond acceptors (Lipinski definition) is 5. The van der Waals surface area contributed by atoms with Gasteiger partial charge >= 0.3 is 0 Å². The molecule has 0 radical (unpaired) electrons. The summed E-state index contributed by atoms with van der Waals surface area (Å²) in [4.78, 5) is 32.9. The average molecular weight is 318 g/mol. The van der Waals surface area contributed by atoms with Crippen molar-refractivity contribution in [2.45, 2.75) is 38.5 Å². The van der Waals surface area contributed by atoms with Crippen LogP contribution in [0.15, 0.2) is 4.52 Å². The molecule has 3 aliphatic rings. The zero-order valence-corrected chi connectivity index (χ0v) is 13.6. The van der Waals surface area contributed by atoms with Crippen molar-refractivity contribution in [3.8, 4) is 0 Å². The Morgan fingerprint density at radius 2 is 1.96 bits per heavy atom. The van der Waals surface area contributed by atoms with Gasteiger partial charge in [-0.15, -0.1) is 0 Å². The average Bonchev–Trinajstić information content (AvgIpc) is 3.03. The maximum absolute atomic E-state index is 12.5. The third kappa shape index (κ3) is 2.24. The highest BCUT2D eigenvalue weighted by Gasteiger charge is 2.59. The van der Waals surface area contributed by atoms with Crippen LogP contribution in [0, 0.1) is 18.8 Å². The predicted molar refractivity (Wildman–Crippen MR) is 80.4 cm³/mol. The molecule has 0 N–H and O–H groups in total. The highest BCUT2D eigenvalue weighted by Crippen LogP contribution is 2.46. The molecule has 124 valence electrons. The number of fused-ring (bicyclic) bond motifs is 1. The first-order valence-electron chi connectivity index (χ1n) is 8.41. The van der Waals surface area contributed by atoms with Gasteiger partial charge in [-0.3, -0.25) is 9.59 Å². The smallest absolute Gasteiger partial charge is 0.236 e. The Bertz CT molecular complexity index is 654. The van der Waals surface area contributed by atoms with Crippen LogP contribution in [0.25, 0.3) is 0 Å². The molecule has 0 bridgehead atoms. The first-order valence-corrected chi connectivity index (χ1v) is 8.41. The Kier molecular flexibility index (Phi) is 3.21. The van der Waals surface area contributed by atoms with Crippen LogP contribution in [0.1, 0.15) is 37.9 Å². The number of aromatic nitrogens is 2. The van der Waals surface area contributed by atoms with E-state index in [0.29, 0.717) is 44.3 Å². The van der Waals surface area contributed by atoms with Crippen LogP contribution in [0.5, 0.6) is 0 Å². The third-order valence-electron chi connectivity index (χ3n) is 5.46. The van der Waals surface area contributed by atoms with Gasteiger partial charge in [0.15, 0.2) is 5.82 Å². The summed E-state index contributed by atoms with van der Waals surface area (Å²) >= 11 is 0. The van der Waals surface area contributed by atoms with Crippen LogP contribution >= 0.6 is 0 Å². The zero-order chi connectivity index (χ0) is 16.2. The largest absolute Gasteiger partial charge is 0.341 e. The summed E-state index contributed by atoms with van der Waals surface area (Å²) in [7, 11) is 0. The molecule has 1 aliphatic carbocycles. The van der Waals surface area contributed by atoms with Gasteiger partial charge in [0.05, 0.1) is 5.41 Å². The second-order valence-corrected chi connectivity index (χ2v) is 7.12. The van der Waals surface area contributed by atoms with Crippen molar-refractivity contribution in [2.24, 2.45) is 11.8 Å². The molecule has 3 heterocycles. The molecular weight excluding hydrogens is 296 g/mol. The number of amides is 2. The Hall–Kier alpha value is -1.92. The molecule has 23 heavy (non-hydrogen) atoms. The van der Waals surface area contributed by atoms with Crippen LogP contribution in [-0.2, 0) is 15.0 Å². The minimum Gasteiger partial charge on any atom is -0.341 e. The Morgan fingerprint density at radius 3 is 2.57 bits per heavy atom. The fraction of sp³-hybridized carbons (Fsp3) is 0.750. The Labute approximate surface area is 135 Å². The molecule has 2 amide bonds. The molecule has 3 fully saturated rings. The minimum absolute atomic E-state index is 0.148. The summed E-state index contributed by atoms with van der Waals surface area (Å²) in [5.74, 6) is 1.97. The summed E-state index contributed by atoms with van der Waals surface area (Å²) in [6.45, 7) is 6.18. The molecule has 1 aromatic heterocycles. The van der Waals surface area contributed by atoms with E-state index < -0.39 is 5.41 Å². The quantitative estimate of drug-likeness (QED) is 0.821. The molecule has 0 aromatic carbocycles. The lowest BCUT2D eigenvalue weighted by molar-refractivity contribution is -0.132. The third-order valence-corrected chi connectivity index (χ3v) is 5.46. The van der Waals surface area contributed by atoms with Gasteiger partial charge in [-0.2, -0.15) is 4.98 Å². The summed E-state index contributed by atoms with van der Waals surface area (Å²) in [6.07, 6.45) is 2.51. The van der Waals surface area contributed by atoms with E-state index >= 15 is 0 Å². The fourth-order valence-electron chi connectivity index (χ4n) is 4.04. The van der Waals surface area contributed by atoms with Crippen LogP contribution in [-0.4, -0.2) is 57.9 Å². The fourth-order valence-corrected chi connectivity index (χ4v) is 4.04. The van der Waals surface area contributed by atoms with E-state index in [9.17, 15) is 9.59 Å². The van der Waals surface area contributed by atoms with Gasteiger partial charge in [-0.25, -0.2) is 0 Å². The van der Waals surface area contributed by atoms with Gasteiger partial charge in [-0.05, 0) is 19.8 Å². The Morgan fingerprint density at radius 1 is 1.26 bits per heavy atom. The number of hydrogen-bond donors (Lipinski definition) is 0. The molecule has 7 heteroatoms. The van der Waals surface area contributed by atoms with Crippen LogP contribution in [0.2, 0.25) is 0 Å². The van der Waals surface area contributed by atoms with Crippen molar-refractivity contribution >= 4 is 11.8 Å². The first kappa shape index (κ1) is 14.7. The molecule has 2 saturated heterocycles.